The number of aliphatic hydroxyl groups excluding tert-OH is 7. The standard InChI is InChI=1S/C12H21FO10/c13-11-9(19)7(17)6(16)4(22-11)2-21-12-10(20)8(18)5(15)3(1-14)23-12/h3-12,14-20H,1-2H2. The molecule has 0 amide bonds. The number of ether oxygens (including phenoxy) is 3. The van der Waals surface area contributed by atoms with Gasteiger partial charge in [-0.3, -0.25) is 0 Å². The molecule has 7 N–H and O–H groups in total. The first-order valence-corrected chi connectivity index (χ1v) is 7.03. The number of aliphatic hydroxyl groups is 7. The lowest BCUT2D eigenvalue weighted by molar-refractivity contribution is -0.319. The predicted molar refractivity (Wildman–Crippen MR) is 67.5 cm³/mol. The molecule has 2 heterocycles. The molecular formula is C12H21FO10. The molecule has 2 fully saturated rings. The van der Waals surface area contributed by atoms with Crippen LogP contribution >= 0.6 is 0 Å². The highest BCUT2D eigenvalue weighted by molar-refractivity contribution is 4.91. The van der Waals surface area contributed by atoms with E-state index in [1.807, 2.05) is 0 Å². The van der Waals surface area contributed by atoms with Crippen molar-refractivity contribution in [3.63, 3.8) is 0 Å². The Kier molecular flexibility index (Phi) is 6.24. The summed E-state index contributed by atoms with van der Waals surface area (Å²) < 4.78 is 28.1. The molecule has 0 spiro atoms. The van der Waals surface area contributed by atoms with Crippen LogP contribution in [0.25, 0.3) is 0 Å². The van der Waals surface area contributed by atoms with Gasteiger partial charge in [0.1, 0.15) is 48.8 Å². The Morgan fingerprint density at radius 2 is 1.30 bits per heavy atom. The zero-order valence-corrected chi connectivity index (χ0v) is 11.9. The minimum Gasteiger partial charge on any atom is -0.394 e. The second-order valence-electron chi connectivity index (χ2n) is 5.53. The average Bonchev–Trinajstić information content (AvgIpc) is 2.54. The largest absolute Gasteiger partial charge is 0.394 e. The van der Waals surface area contributed by atoms with Crippen LogP contribution in [0.4, 0.5) is 4.39 Å². The minimum absolute atomic E-state index is 0.548. The third-order valence-corrected chi connectivity index (χ3v) is 3.93. The molecule has 23 heavy (non-hydrogen) atoms. The molecule has 2 saturated heterocycles. The summed E-state index contributed by atoms with van der Waals surface area (Å²) in [4.78, 5) is 0. The van der Waals surface area contributed by atoms with Gasteiger partial charge in [-0.2, -0.15) is 0 Å². The Morgan fingerprint density at radius 3 is 1.91 bits per heavy atom. The van der Waals surface area contributed by atoms with E-state index in [-0.39, 0.29) is 0 Å². The molecule has 10 unspecified atom stereocenters. The van der Waals surface area contributed by atoms with Crippen LogP contribution in [0.3, 0.4) is 0 Å². The van der Waals surface area contributed by atoms with Crippen molar-refractivity contribution in [2.24, 2.45) is 0 Å². The van der Waals surface area contributed by atoms with Gasteiger partial charge in [-0.05, 0) is 0 Å². The Morgan fingerprint density at radius 1 is 0.739 bits per heavy atom. The summed E-state index contributed by atoms with van der Waals surface area (Å²) in [5.74, 6) is 0. The quantitative estimate of drug-likeness (QED) is 0.264. The van der Waals surface area contributed by atoms with E-state index in [1.165, 1.54) is 0 Å². The molecule has 0 aromatic heterocycles. The molecule has 0 aromatic carbocycles. The Hall–Kier alpha value is -0.470. The number of hydrogen-bond acceptors (Lipinski definition) is 10. The molecule has 0 saturated carbocycles. The number of halogens is 1. The van der Waals surface area contributed by atoms with Gasteiger partial charge in [0.2, 0.25) is 6.36 Å². The molecule has 2 rings (SSSR count). The smallest absolute Gasteiger partial charge is 0.228 e. The van der Waals surface area contributed by atoms with Crippen molar-refractivity contribution >= 4 is 0 Å². The van der Waals surface area contributed by atoms with E-state index >= 15 is 0 Å². The zero-order chi connectivity index (χ0) is 17.3. The lowest BCUT2D eigenvalue weighted by Crippen LogP contribution is -2.61. The molecule has 11 heteroatoms. The maximum atomic E-state index is 13.3. The SMILES string of the molecule is OCC1OC(OCC2OC(F)C(O)C(O)C2O)C(O)C(O)C1O. The topological polar surface area (TPSA) is 169 Å². The van der Waals surface area contributed by atoms with Gasteiger partial charge in [-0.15, -0.1) is 0 Å². The van der Waals surface area contributed by atoms with Gasteiger partial charge in [0, 0.05) is 0 Å². The van der Waals surface area contributed by atoms with E-state index in [9.17, 15) is 35.0 Å². The lowest BCUT2D eigenvalue weighted by Gasteiger charge is -2.41. The summed E-state index contributed by atoms with van der Waals surface area (Å²) in [7, 11) is 0. The first-order valence-electron chi connectivity index (χ1n) is 7.03. The van der Waals surface area contributed by atoms with E-state index in [1.54, 1.807) is 0 Å². The Balaban J connectivity index is 1.94. The number of alkyl halides is 1. The summed E-state index contributed by atoms with van der Waals surface area (Å²) in [5.41, 5.74) is 0. The van der Waals surface area contributed by atoms with Gasteiger partial charge in [-0.1, -0.05) is 0 Å². The van der Waals surface area contributed by atoms with Crippen LogP contribution in [0.2, 0.25) is 0 Å². The molecule has 0 bridgehead atoms. The van der Waals surface area contributed by atoms with Gasteiger partial charge in [0.15, 0.2) is 6.29 Å². The van der Waals surface area contributed by atoms with Gasteiger partial charge >= 0.3 is 0 Å². The van der Waals surface area contributed by atoms with Gasteiger partial charge in [-0.25, -0.2) is 4.39 Å². The maximum Gasteiger partial charge on any atom is 0.228 e. The van der Waals surface area contributed by atoms with Crippen LogP contribution < -0.4 is 0 Å². The summed E-state index contributed by atoms with van der Waals surface area (Å²) >= 11 is 0. The third kappa shape index (κ3) is 3.79. The van der Waals surface area contributed by atoms with E-state index in [4.69, 9.17) is 14.6 Å². The first kappa shape index (κ1) is 18.9. The molecule has 10 nitrogen and oxygen atoms in total. The van der Waals surface area contributed by atoms with Crippen LogP contribution in [-0.4, -0.2) is 110 Å². The fraction of sp³-hybridized carbons (Fsp3) is 1.00. The second-order valence-corrected chi connectivity index (χ2v) is 5.53. The highest BCUT2D eigenvalue weighted by Crippen LogP contribution is 2.25. The monoisotopic (exact) mass is 344 g/mol. The zero-order valence-electron chi connectivity index (χ0n) is 11.9. The van der Waals surface area contributed by atoms with E-state index in [0.717, 1.165) is 0 Å². The van der Waals surface area contributed by atoms with E-state index in [0.29, 0.717) is 0 Å². The summed E-state index contributed by atoms with van der Waals surface area (Å²) in [6, 6.07) is 0. The van der Waals surface area contributed by atoms with Crippen LogP contribution in [-0.2, 0) is 14.2 Å². The summed E-state index contributed by atoms with van der Waals surface area (Å²) in [5, 5.41) is 66.4. The van der Waals surface area contributed by atoms with Crippen molar-refractivity contribution in [3.05, 3.63) is 0 Å². The van der Waals surface area contributed by atoms with Gasteiger partial charge in [0.25, 0.3) is 0 Å². The van der Waals surface area contributed by atoms with Crippen LogP contribution in [0, 0.1) is 0 Å². The molecule has 0 radical (unpaired) electrons. The first-order chi connectivity index (χ1) is 10.8. The van der Waals surface area contributed by atoms with Crippen LogP contribution in [0.1, 0.15) is 0 Å². The van der Waals surface area contributed by atoms with Crippen molar-refractivity contribution in [3.8, 4) is 0 Å². The highest BCUT2D eigenvalue weighted by Gasteiger charge is 2.47. The van der Waals surface area contributed by atoms with Crippen molar-refractivity contribution in [2.75, 3.05) is 13.2 Å². The highest BCUT2D eigenvalue weighted by atomic mass is 19.1. The van der Waals surface area contributed by atoms with Crippen LogP contribution in [0.15, 0.2) is 0 Å². The maximum absolute atomic E-state index is 13.3. The molecule has 10 atom stereocenters. The lowest BCUT2D eigenvalue weighted by atomic mass is 9.98. The van der Waals surface area contributed by atoms with Gasteiger partial charge in [0.05, 0.1) is 13.2 Å². The predicted octanol–water partition coefficient (Wildman–Crippen LogP) is -4.42. The van der Waals surface area contributed by atoms with Crippen molar-refractivity contribution < 1.29 is 54.3 Å². The normalized spacial score (nSPS) is 51.7. The molecule has 0 aliphatic carbocycles. The fourth-order valence-corrected chi connectivity index (χ4v) is 2.44. The summed E-state index contributed by atoms with van der Waals surface area (Å²) in [6.07, 6.45) is -16.5. The van der Waals surface area contributed by atoms with Crippen LogP contribution in [0.5, 0.6) is 0 Å². The Labute approximate surface area is 130 Å². The molecule has 0 aromatic rings. The van der Waals surface area contributed by atoms with Gasteiger partial charge < -0.3 is 50.0 Å². The fourth-order valence-electron chi connectivity index (χ4n) is 2.44. The minimum atomic E-state index is -2.24. The van der Waals surface area contributed by atoms with E-state index in [2.05, 4.69) is 4.74 Å². The number of rotatable bonds is 4. The molecular weight excluding hydrogens is 323 g/mol. The van der Waals surface area contributed by atoms with Crippen molar-refractivity contribution in [2.45, 2.75) is 61.5 Å². The third-order valence-electron chi connectivity index (χ3n) is 3.93. The van der Waals surface area contributed by atoms with Crippen molar-refractivity contribution in [1.82, 2.24) is 0 Å². The molecule has 2 aliphatic rings. The molecule has 136 valence electrons. The second kappa shape index (κ2) is 7.61. The van der Waals surface area contributed by atoms with E-state index < -0.39 is 74.7 Å². The summed E-state index contributed by atoms with van der Waals surface area (Å²) in [6.45, 7) is -1.20. The van der Waals surface area contributed by atoms with Crippen molar-refractivity contribution in [1.29, 1.82) is 0 Å². The number of hydrogen-bond donors (Lipinski definition) is 7. The molecule has 2 aliphatic heterocycles. The average molecular weight is 344 g/mol. The Bertz CT molecular complexity index is 385.